The predicted molar refractivity (Wildman–Crippen MR) is 77.6 cm³/mol. The zero-order chi connectivity index (χ0) is 13.2. The first kappa shape index (κ1) is 12.0. The Balaban J connectivity index is 1.95. The Morgan fingerprint density at radius 2 is 1.89 bits per heavy atom. The Morgan fingerprint density at radius 3 is 2.63 bits per heavy atom. The quantitative estimate of drug-likeness (QED) is 0.779. The van der Waals surface area contributed by atoms with Gasteiger partial charge in [0.05, 0.1) is 5.69 Å². The number of rotatable bonds is 3. The van der Waals surface area contributed by atoms with Gasteiger partial charge in [0.1, 0.15) is 0 Å². The van der Waals surface area contributed by atoms with E-state index in [0.717, 1.165) is 30.8 Å². The lowest BCUT2D eigenvalue weighted by Crippen LogP contribution is -2.21. The molecule has 1 aliphatic rings. The van der Waals surface area contributed by atoms with Crippen LogP contribution >= 0.6 is 0 Å². The van der Waals surface area contributed by atoms with Gasteiger partial charge in [0, 0.05) is 18.7 Å². The van der Waals surface area contributed by atoms with Crippen molar-refractivity contribution in [3.8, 4) is 0 Å². The second-order valence-electron chi connectivity index (χ2n) is 5.03. The maximum atomic E-state index is 11.8. The van der Waals surface area contributed by atoms with Crippen molar-refractivity contribution in [3.63, 3.8) is 0 Å². The molecule has 0 amide bonds. The first-order valence-electron chi connectivity index (χ1n) is 6.67. The molecule has 0 aliphatic carbocycles. The fourth-order valence-electron chi connectivity index (χ4n) is 2.78. The number of ketones is 1. The molecule has 96 valence electrons. The molecule has 2 heteroatoms. The van der Waals surface area contributed by atoms with Gasteiger partial charge in [0.25, 0.3) is 0 Å². The number of hydrogen-bond donors (Lipinski definition) is 0. The largest absolute Gasteiger partial charge is 0.366 e. The van der Waals surface area contributed by atoms with Gasteiger partial charge in [-0.3, -0.25) is 4.79 Å². The minimum atomic E-state index is 0.150. The van der Waals surface area contributed by atoms with Crippen molar-refractivity contribution in [1.29, 1.82) is 0 Å². The van der Waals surface area contributed by atoms with Crippen molar-refractivity contribution < 1.29 is 4.79 Å². The molecule has 2 aromatic rings. The van der Waals surface area contributed by atoms with Gasteiger partial charge in [0.2, 0.25) is 0 Å². The molecule has 0 radical (unpaired) electrons. The first-order valence-corrected chi connectivity index (χ1v) is 6.67. The zero-order valence-corrected chi connectivity index (χ0v) is 11.1. The van der Waals surface area contributed by atoms with Gasteiger partial charge < -0.3 is 4.90 Å². The van der Waals surface area contributed by atoms with E-state index in [1.54, 1.807) is 6.92 Å². The van der Waals surface area contributed by atoms with Crippen LogP contribution in [0.4, 0.5) is 5.69 Å². The molecule has 3 rings (SSSR count). The Labute approximate surface area is 113 Å². The van der Waals surface area contributed by atoms with Gasteiger partial charge in [0.15, 0.2) is 5.78 Å². The topological polar surface area (TPSA) is 20.3 Å². The molecule has 0 N–H and O–H groups in total. The second-order valence-corrected chi connectivity index (χ2v) is 5.03. The van der Waals surface area contributed by atoms with Crippen LogP contribution in [0.2, 0.25) is 0 Å². The average Bonchev–Trinajstić information content (AvgIpc) is 2.83. The maximum Gasteiger partial charge on any atom is 0.161 e. The third kappa shape index (κ3) is 2.26. The lowest BCUT2D eigenvalue weighted by molar-refractivity contribution is 0.101. The number of carbonyl (C=O) groups is 1. The van der Waals surface area contributed by atoms with Crippen molar-refractivity contribution >= 4 is 11.5 Å². The molecular weight excluding hydrogens is 234 g/mol. The van der Waals surface area contributed by atoms with Crippen molar-refractivity contribution in [2.24, 2.45) is 0 Å². The minimum absolute atomic E-state index is 0.150. The van der Waals surface area contributed by atoms with E-state index in [-0.39, 0.29) is 5.78 Å². The maximum absolute atomic E-state index is 11.8. The van der Waals surface area contributed by atoms with Crippen molar-refractivity contribution in [3.05, 3.63) is 65.2 Å². The number of carbonyl (C=O) groups excluding carboxylic acids is 1. The third-order valence-corrected chi connectivity index (χ3v) is 3.68. The fourth-order valence-corrected chi connectivity index (χ4v) is 2.78. The summed E-state index contributed by atoms with van der Waals surface area (Å²) < 4.78 is 0. The predicted octanol–water partition coefficient (Wildman–Crippen LogP) is 3.45. The molecule has 1 heterocycles. The van der Waals surface area contributed by atoms with E-state index < -0.39 is 0 Å². The van der Waals surface area contributed by atoms with Crippen LogP contribution in [0.25, 0.3) is 0 Å². The molecule has 0 saturated heterocycles. The smallest absolute Gasteiger partial charge is 0.161 e. The normalized spacial score (nSPS) is 13.4. The highest BCUT2D eigenvalue weighted by molar-refractivity contribution is 6.00. The summed E-state index contributed by atoms with van der Waals surface area (Å²) in [7, 11) is 0. The van der Waals surface area contributed by atoms with E-state index in [1.807, 2.05) is 18.2 Å². The molecule has 0 fully saturated rings. The zero-order valence-electron chi connectivity index (χ0n) is 11.1. The molecular formula is C17H17NO. The van der Waals surface area contributed by atoms with E-state index in [1.165, 1.54) is 11.1 Å². The summed E-state index contributed by atoms with van der Waals surface area (Å²) in [6.45, 7) is 3.52. The summed E-state index contributed by atoms with van der Waals surface area (Å²) in [5.74, 6) is 0.150. The molecule has 19 heavy (non-hydrogen) atoms. The SMILES string of the molecule is CC(=O)c1cccc2c1N(Cc1ccccc1)CC2. The third-order valence-electron chi connectivity index (χ3n) is 3.68. The number of anilines is 1. The van der Waals surface area contributed by atoms with Crippen LogP contribution in [0.15, 0.2) is 48.5 Å². The van der Waals surface area contributed by atoms with Gasteiger partial charge in [-0.25, -0.2) is 0 Å². The molecule has 0 atom stereocenters. The van der Waals surface area contributed by atoms with Crippen LogP contribution in [0, 0.1) is 0 Å². The Kier molecular flexibility index (Phi) is 3.08. The highest BCUT2D eigenvalue weighted by Gasteiger charge is 2.23. The van der Waals surface area contributed by atoms with Crippen molar-refractivity contribution in [2.75, 3.05) is 11.4 Å². The molecule has 0 saturated carbocycles. The monoisotopic (exact) mass is 251 g/mol. The van der Waals surface area contributed by atoms with Gasteiger partial charge in [-0.15, -0.1) is 0 Å². The number of nitrogens with zero attached hydrogens (tertiary/aromatic N) is 1. The van der Waals surface area contributed by atoms with E-state index >= 15 is 0 Å². The lowest BCUT2D eigenvalue weighted by atomic mass is 10.0. The fraction of sp³-hybridized carbons (Fsp3) is 0.235. The average molecular weight is 251 g/mol. The van der Waals surface area contributed by atoms with Crippen LogP contribution < -0.4 is 4.90 Å². The van der Waals surface area contributed by atoms with Gasteiger partial charge >= 0.3 is 0 Å². The number of fused-ring (bicyclic) bond motifs is 1. The standard InChI is InChI=1S/C17H17NO/c1-13(19)16-9-5-8-15-10-11-18(17(15)16)12-14-6-3-2-4-7-14/h2-9H,10-12H2,1H3. The number of hydrogen-bond acceptors (Lipinski definition) is 2. The van der Waals surface area contributed by atoms with Crippen LogP contribution in [0.5, 0.6) is 0 Å². The van der Waals surface area contributed by atoms with E-state index in [4.69, 9.17) is 0 Å². The molecule has 1 aliphatic heterocycles. The number of benzene rings is 2. The molecule has 0 unspecified atom stereocenters. The Hall–Kier alpha value is -2.09. The van der Waals surface area contributed by atoms with Crippen LogP contribution in [-0.2, 0) is 13.0 Å². The van der Waals surface area contributed by atoms with Gasteiger partial charge in [-0.05, 0) is 30.5 Å². The van der Waals surface area contributed by atoms with E-state index in [2.05, 4.69) is 35.2 Å². The second kappa shape index (κ2) is 4.88. The van der Waals surface area contributed by atoms with Crippen molar-refractivity contribution in [1.82, 2.24) is 0 Å². The van der Waals surface area contributed by atoms with Gasteiger partial charge in [-0.2, -0.15) is 0 Å². The highest BCUT2D eigenvalue weighted by atomic mass is 16.1. The summed E-state index contributed by atoms with van der Waals surface area (Å²) in [4.78, 5) is 14.1. The first-order chi connectivity index (χ1) is 9.25. The summed E-state index contributed by atoms with van der Waals surface area (Å²) >= 11 is 0. The number of Topliss-reactive ketones (excluding diaryl/α,β-unsaturated/α-hetero) is 1. The molecule has 2 nitrogen and oxygen atoms in total. The summed E-state index contributed by atoms with van der Waals surface area (Å²) in [6.07, 6.45) is 1.03. The van der Waals surface area contributed by atoms with Gasteiger partial charge in [-0.1, -0.05) is 42.5 Å². The van der Waals surface area contributed by atoms with E-state index in [0.29, 0.717) is 0 Å². The Bertz CT molecular complexity index is 604. The number of para-hydroxylation sites is 1. The summed E-state index contributed by atoms with van der Waals surface area (Å²) in [5.41, 5.74) is 4.57. The molecule has 2 aromatic carbocycles. The minimum Gasteiger partial charge on any atom is -0.366 e. The summed E-state index contributed by atoms with van der Waals surface area (Å²) in [5, 5.41) is 0. The van der Waals surface area contributed by atoms with Crippen LogP contribution in [0.3, 0.4) is 0 Å². The van der Waals surface area contributed by atoms with E-state index in [9.17, 15) is 4.79 Å². The molecule has 0 bridgehead atoms. The Morgan fingerprint density at radius 1 is 1.11 bits per heavy atom. The molecule has 0 spiro atoms. The molecule has 0 aromatic heterocycles. The van der Waals surface area contributed by atoms with Crippen LogP contribution in [0.1, 0.15) is 28.4 Å². The highest BCUT2D eigenvalue weighted by Crippen LogP contribution is 2.33. The van der Waals surface area contributed by atoms with Crippen LogP contribution in [-0.4, -0.2) is 12.3 Å². The summed E-state index contributed by atoms with van der Waals surface area (Å²) in [6, 6.07) is 16.5. The lowest BCUT2D eigenvalue weighted by Gasteiger charge is -2.21. The van der Waals surface area contributed by atoms with Crippen molar-refractivity contribution in [2.45, 2.75) is 19.9 Å².